The van der Waals surface area contributed by atoms with Gasteiger partial charge in [-0.1, -0.05) is 81.4 Å². The minimum absolute atomic E-state index is 0.0539. The fourth-order valence-electron chi connectivity index (χ4n) is 11.8. The molecule has 7 heterocycles. The first kappa shape index (κ1) is 43.5. The number of aromatic nitrogens is 5. The molecule has 1 saturated carbocycles. The number of fused-ring (bicyclic) bond motifs is 2. The monoisotopic (exact) mass is 913 g/mol. The van der Waals surface area contributed by atoms with E-state index in [1.165, 1.54) is 10.4 Å². The smallest absolute Gasteiger partial charge is 0.319 e. The van der Waals surface area contributed by atoms with Crippen LogP contribution in [0.1, 0.15) is 102 Å². The van der Waals surface area contributed by atoms with Crippen molar-refractivity contribution in [1.29, 1.82) is 0 Å². The Kier molecular flexibility index (Phi) is 11.2. The van der Waals surface area contributed by atoms with Crippen molar-refractivity contribution in [1.82, 2.24) is 29.6 Å². The largest absolute Gasteiger partial charge is 0.475 e. The molecule has 11 rings (SSSR count). The van der Waals surface area contributed by atoms with E-state index in [0.717, 1.165) is 79.1 Å². The Hall–Kier alpha value is -5.02. The molecule has 14 heteroatoms. The van der Waals surface area contributed by atoms with Gasteiger partial charge in [-0.3, -0.25) is 4.90 Å². The molecule has 3 aromatic heterocycles. The zero-order valence-electron chi connectivity index (χ0n) is 38.9. The van der Waals surface area contributed by atoms with E-state index in [2.05, 4.69) is 104 Å². The third-order valence-electron chi connectivity index (χ3n) is 15.2. The van der Waals surface area contributed by atoms with E-state index < -0.39 is 25.8 Å². The quantitative estimate of drug-likeness (QED) is 0.111. The Labute approximate surface area is 387 Å². The van der Waals surface area contributed by atoms with Crippen molar-refractivity contribution >= 4 is 46.3 Å². The van der Waals surface area contributed by atoms with Gasteiger partial charge in [-0.05, 0) is 103 Å². The van der Waals surface area contributed by atoms with Crippen molar-refractivity contribution in [2.45, 2.75) is 120 Å². The van der Waals surface area contributed by atoms with Crippen LogP contribution in [0.25, 0.3) is 33.1 Å². The lowest BCUT2D eigenvalue weighted by Crippen LogP contribution is -2.66. The highest BCUT2D eigenvalue weighted by Crippen LogP contribution is 2.51. The number of halogens is 2. The van der Waals surface area contributed by atoms with Crippen LogP contribution in [0, 0.1) is 12.7 Å². The Bertz CT molecular complexity index is 2720. The maximum atomic E-state index is 18.1. The van der Waals surface area contributed by atoms with Crippen molar-refractivity contribution in [3.8, 4) is 23.1 Å². The summed E-state index contributed by atoms with van der Waals surface area (Å²) in [6.07, 6.45) is 8.51. The SMILES string of the molecule is Cc1cc2c(cnn2C2CCCCO2)c(-c2nc3c4c(nc(OC[C@@]56CCCN5C[C@H](F)C6)nc4c2F)N(C)[C@@H](CCO[Si](c2ccccc2)(c2ccccc2)C(C)(C)C)CO3)c1C1CC1. The normalized spacial score (nSPS) is 23.6. The molecule has 1 aliphatic carbocycles. The maximum Gasteiger partial charge on any atom is 0.319 e. The summed E-state index contributed by atoms with van der Waals surface area (Å²) in [6, 6.07) is 23.3. The molecule has 0 bridgehead atoms. The van der Waals surface area contributed by atoms with Crippen LogP contribution in [0.5, 0.6) is 11.9 Å². The first-order chi connectivity index (χ1) is 32.0. The highest BCUT2D eigenvalue weighted by atomic mass is 28.4. The van der Waals surface area contributed by atoms with Gasteiger partial charge in [-0.25, -0.2) is 18.4 Å². The zero-order chi connectivity index (χ0) is 45.4. The fourth-order valence-corrected chi connectivity index (χ4v) is 16.4. The molecular formula is C52H61F2N7O4Si. The van der Waals surface area contributed by atoms with E-state index in [9.17, 15) is 4.39 Å². The topological polar surface area (TPSA) is 99.9 Å². The van der Waals surface area contributed by atoms with Crippen molar-refractivity contribution in [2.24, 2.45) is 0 Å². The molecule has 0 amide bonds. The van der Waals surface area contributed by atoms with Gasteiger partial charge in [0.1, 0.15) is 41.8 Å². The number of hydrogen-bond donors (Lipinski definition) is 0. The van der Waals surface area contributed by atoms with Crippen molar-refractivity contribution in [2.75, 3.05) is 51.5 Å². The highest BCUT2D eigenvalue weighted by molar-refractivity contribution is 6.99. The zero-order valence-corrected chi connectivity index (χ0v) is 39.9. The van der Waals surface area contributed by atoms with E-state index >= 15 is 4.39 Å². The summed E-state index contributed by atoms with van der Waals surface area (Å²) in [5.41, 5.74) is 3.60. The molecule has 0 N–H and O–H groups in total. The van der Waals surface area contributed by atoms with Crippen LogP contribution in [0.15, 0.2) is 72.9 Å². The Morgan fingerprint density at radius 3 is 2.41 bits per heavy atom. The van der Waals surface area contributed by atoms with Gasteiger partial charge in [-0.2, -0.15) is 15.1 Å². The molecule has 5 aliphatic rings. The van der Waals surface area contributed by atoms with E-state index in [4.69, 9.17) is 38.7 Å². The Balaban J connectivity index is 1.01. The lowest BCUT2D eigenvalue weighted by atomic mass is 9.91. The summed E-state index contributed by atoms with van der Waals surface area (Å²) < 4.78 is 61.9. The molecule has 1 unspecified atom stereocenters. The van der Waals surface area contributed by atoms with Crippen LogP contribution in [-0.4, -0.2) is 102 Å². The summed E-state index contributed by atoms with van der Waals surface area (Å²) in [5.74, 6) is 0.473. The van der Waals surface area contributed by atoms with Gasteiger partial charge in [0.05, 0.1) is 23.3 Å². The lowest BCUT2D eigenvalue weighted by molar-refractivity contribution is -0.0366. The predicted octanol–water partition coefficient (Wildman–Crippen LogP) is 9.18. The molecule has 3 aromatic carbocycles. The van der Waals surface area contributed by atoms with Gasteiger partial charge >= 0.3 is 6.01 Å². The summed E-state index contributed by atoms with van der Waals surface area (Å²) >= 11 is 0. The van der Waals surface area contributed by atoms with E-state index in [-0.39, 0.29) is 59.5 Å². The molecular weight excluding hydrogens is 853 g/mol. The molecule has 66 heavy (non-hydrogen) atoms. The number of alkyl halides is 1. The molecule has 11 nitrogen and oxygen atoms in total. The molecule has 4 aliphatic heterocycles. The number of nitrogens with zero attached hydrogens (tertiary/aromatic N) is 7. The molecule has 4 atom stereocenters. The minimum atomic E-state index is -2.84. The first-order valence-corrected chi connectivity index (χ1v) is 26.0. The second kappa shape index (κ2) is 16.9. The van der Waals surface area contributed by atoms with Crippen LogP contribution in [0.3, 0.4) is 0 Å². The summed E-state index contributed by atoms with van der Waals surface area (Å²) in [4.78, 5) is 19.4. The summed E-state index contributed by atoms with van der Waals surface area (Å²) in [6.45, 7) is 11.8. The highest BCUT2D eigenvalue weighted by Gasteiger charge is 2.51. The number of likely N-dealkylation sites (N-methyl/N-ethyl adjacent to an activating group) is 1. The van der Waals surface area contributed by atoms with Crippen molar-refractivity contribution in [3.05, 3.63) is 89.9 Å². The molecule has 0 spiro atoms. The molecule has 4 fully saturated rings. The van der Waals surface area contributed by atoms with Gasteiger partial charge < -0.3 is 23.5 Å². The van der Waals surface area contributed by atoms with Gasteiger partial charge in [0.15, 0.2) is 12.0 Å². The van der Waals surface area contributed by atoms with E-state index in [0.29, 0.717) is 43.8 Å². The fraction of sp³-hybridized carbons (Fsp3) is 0.500. The predicted molar refractivity (Wildman–Crippen MR) is 256 cm³/mol. The van der Waals surface area contributed by atoms with Crippen LogP contribution in [-0.2, 0) is 9.16 Å². The van der Waals surface area contributed by atoms with Gasteiger partial charge in [-0.15, -0.1) is 0 Å². The first-order valence-electron chi connectivity index (χ1n) is 24.1. The van der Waals surface area contributed by atoms with Crippen LogP contribution in [0.2, 0.25) is 5.04 Å². The van der Waals surface area contributed by atoms with Crippen LogP contribution < -0.4 is 24.7 Å². The minimum Gasteiger partial charge on any atom is -0.475 e. The average Bonchev–Trinajstić information content (AvgIpc) is 3.87. The molecule has 346 valence electrons. The second-order valence-corrected chi connectivity index (χ2v) is 24.8. The number of ether oxygens (including phenoxy) is 3. The van der Waals surface area contributed by atoms with Crippen molar-refractivity contribution in [3.63, 3.8) is 0 Å². The number of hydrogen-bond acceptors (Lipinski definition) is 10. The molecule has 6 aromatic rings. The summed E-state index contributed by atoms with van der Waals surface area (Å²) in [7, 11) is -0.867. The summed E-state index contributed by atoms with van der Waals surface area (Å²) in [5, 5.41) is 8.33. The number of rotatable bonds is 12. The Morgan fingerprint density at radius 1 is 0.955 bits per heavy atom. The van der Waals surface area contributed by atoms with Crippen molar-refractivity contribution < 1.29 is 27.4 Å². The maximum absolute atomic E-state index is 18.1. The van der Waals surface area contributed by atoms with Crippen LogP contribution in [0.4, 0.5) is 14.6 Å². The van der Waals surface area contributed by atoms with E-state index in [1.807, 2.05) is 17.9 Å². The molecule has 0 radical (unpaired) electrons. The number of anilines is 1. The van der Waals surface area contributed by atoms with Gasteiger partial charge in [0, 0.05) is 44.2 Å². The number of pyridine rings is 1. The standard InChI is InChI=1S/C52H61F2N7O4Si/c1-33-27-40-39(29-55-61(40)41-19-12-13-25-62-41)43(42(33)34-20-21-34)46-45(54)47-44-48(58-50(57-47)64-32-52-23-14-24-60(52)30-35(53)28-52)59(5)36(31-63-49(44)56-46)22-26-65-66(51(2,3)4,37-15-8-6-9-16-37)38-17-10-7-11-18-38/h6-11,15-18,27,29,34-36,41H,12-14,19-26,28,30-32H2,1-5H3/t35-,36+,41?,52+/m1/s1. The average molecular weight is 914 g/mol. The van der Waals surface area contributed by atoms with Gasteiger partial charge in [0.2, 0.25) is 5.88 Å². The molecule has 3 saturated heterocycles. The number of aryl methyl sites for hydroxylation is 1. The lowest BCUT2D eigenvalue weighted by Gasteiger charge is -2.43. The van der Waals surface area contributed by atoms with E-state index in [1.54, 1.807) is 0 Å². The van der Waals surface area contributed by atoms with Crippen LogP contribution >= 0.6 is 0 Å². The third-order valence-corrected chi connectivity index (χ3v) is 20.3. The van der Waals surface area contributed by atoms with Gasteiger partial charge in [0.25, 0.3) is 8.32 Å². The second-order valence-electron chi connectivity index (χ2n) is 20.5. The number of benzene rings is 3. The Morgan fingerprint density at radius 2 is 1.71 bits per heavy atom. The third kappa shape index (κ3) is 7.37.